The van der Waals surface area contributed by atoms with Crippen molar-refractivity contribution in [2.45, 2.75) is 11.8 Å². The first-order chi connectivity index (χ1) is 16.9. The topological polar surface area (TPSA) is 159 Å². The molecule has 4 aromatic rings. The van der Waals surface area contributed by atoms with Crippen molar-refractivity contribution in [2.75, 3.05) is 10.0 Å². The standard InChI is InChI=1S/C23H19ClN6O5S/c1-12-20(21(24)30(3)27-12)36(34,35)28-17-6-4-5-14-10-18(29(2)19(14)17)22(31)26-16-8-7-13(11-25)9-15(16)23(32)33/h4-10,28H,1-3H3,(H,26,31)(H,32,33). The zero-order valence-electron chi connectivity index (χ0n) is 19.2. The number of anilines is 2. The predicted octanol–water partition coefficient (Wildman–Crippen LogP) is 3.50. The van der Waals surface area contributed by atoms with E-state index in [1.807, 2.05) is 6.07 Å². The SMILES string of the molecule is Cc1nn(C)c(Cl)c1S(=O)(=O)Nc1cccc2cc(C(=O)Nc3ccc(C#N)cc3C(=O)O)n(C)c12. The van der Waals surface area contributed by atoms with Gasteiger partial charge in [-0.25, -0.2) is 13.2 Å². The summed E-state index contributed by atoms with van der Waals surface area (Å²) >= 11 is 6.15. The molecule has 36 heavy (non-hydrogen) atoms. The van der Waals surface area contributed by atoms with Crippen LogP contribution in [0.15, 0.2) is 47.4 Å². The maximum atomic E-state index is 13.1. The van der Waals surface area contributed by atoms with Gasteiger partial charge in [-0.2, -0.15) is 10.4 Å². The summed E-state index contributed by atoms with van der Waals surface area (Å²) in [5, 5.41) is 25.6. The third-order valence-corrected chi connectivity index (χ3v) is 7.59. The Morgan fingerprint density at radius 2 is 1.86 bits per heavy atom. The highest BCUT2D eigenvalue weighted by atomic mass is 35.5. The molecule has 2 aromatic carbocycles. The van der Waals surface area contributed by atoms with Crippen LogP contribution in [0.2, 0.25) is 5.15 Å². The highest BCUT2D eigenvalue weighted by Crippen LogP contribution is 2.31. The number of hydrogen-bond donors (Lipinski definition) is 3. The van der Waals surface area contributed by atoms with Crippen LogP contribution in [0.25, 0.3) is 10.9 Å². The summed E-state index contributed by atoms with van der Waals surface area (Å²) in [7, 11) is -1.01. The third kappa shape index (κ3) is 4.26. The van der Waals surface area contributed by atoms with Gasteiger partial charge in [-0.05, 0) is 37.3 Å². The first-order valence-electron chi connectivity index (χ1n) is 10.3. The molecule has 0 fully saturated rings. The Hall–Kier alpha value is -4.34. The lowest BCUT2D eigenvalue weighted by Gasteiger charge is -2.12. The van der Waals surface area contributed by atoms with E-state index in [2.05, 4.69) is 15.1 Å². The number of carboxylic acids is 1. The van der Waals surface area contributed by atoms with Crippen molar-refractivity contribution in [3.05, 3.63) is 70.1 Å². The average Bonchev–Trinajstić information content (AvgIpc) is 3.29. The number of nitriles is 1. The highest BCUT2D eigenvalue weighted by Gasteiger charge is 2.27. The number of sulfonamides is 1. The highest BCUT2D eigenvalue weighted by molar-refractivity contribution is 7.93. The minimum Gasteiger partial charge on any atom is -0.478 e. The van der Waals surface area contributed by atoms with E-state index in [4.69, 9.17) is 16.9 Å². The van der Waals surface area contributed by atoms with Gasteiger partial charge in [-0.15, -0.1) is 0 Å². The number of amides is 1. The van der Waals surface area contributed by atoms with E-state index in [0.717, 1.165) is 6.07 Å². The molecule has 0 unspecified atom stereocenters. The molecule has 0 radical (unpaired) electrons. The third-order valence-electron chi connectivity index (χ3n) is 5.53. The Morgan fingerprint density at radius 3 is 2.47 bits per heavy atom. The molecule has 4 rings (SSSR count). The molecule has 2 heterocycles. The molecule has 0 aliphatic carbocycles. The molecule has 1 amide bonds. The minimum absolute atomic E-state index is 0.0133. The van der Waals surface area contributed by atoms with Gasteiger partial charge >= 0.3 is 5.97 Å². The summed E-state index contributed by atoms with van der Waals surface area (Å²) in [4.78, 5) is 24.5. The van der Waals surface area contributed by atoms with E-state index in [1.54, 1.807) is 31.3 Å². The Labute approximate surface area is 210 Å². The maximum Gasteiger partial charge on any atom is 0.337 e. The molecule has 0 aliphatic heterocycles. The van der Waals surface area contributed by atoms with Gasteiger partial charge in [-0.1, -0.05) is 23.7 Å². The lowest BCUT2D eigenvalue weighted by Crippen LogP contribution is -2.18. The van der Waals surface area contributed by atoms with E-state index in [9.17, 15) is 23.1 Å². The lowest BCUT2D eigenvalue weighted by molar-refractivity contribution is 0.0698. The van der Waals surface area contributed by atoms with Gasteiger partial charge in [0.1, 0.15) is 15.7 Å². The van der Waals surface area contributed by atoms with Crippen LogP contribution >= 0.6 is 11.6 Å². The number of aromatic nitrogens is 3. The van der Waals surface area contributed by atoms with Gasteiger partial charge in [0.25, 0.3) is 15.9 Å². The molecule has 11 nitrogen and oxygen atoms in total. The number of halogens is 1. The average molecular weight is 527 g/mol. The monoisotopic (exact) mass is 526 g/mol. The van der Waals surface area contributed by atoms with Crippen LogP contribution in [0.4, 0.5) is 11.4 Å². The molecule has 0 saturated heterocycles. The quantitative estimate of drug-likeness (QED) is 0.346. The normalized spacial score (nSPS) is 11.3. The maximum absolute atomic E-state index is 13.1. The zero-order valence-corrected chi connectivity index (χ0v) is 20.8. The molecule has 3 N–H and O–H groups in total. The van der Waals surface area contributed by atoms with Gasteiger partial charge in [-0.3, -0.25) is 14.2 Å². The van der Waals surface area contributed by atoms with Crippen molar-refractivity contribution in [1.29, 1.82) is 5.26 Å². The number of carbonyl (C=O) groups is 2. The molecule has 2 aromatic heterocycles. The number of para-hydroxylation sites is 1. The Balaban J connectivity index is 1.73. The fourth-order valence-corrected chi connectivity index (χ4v) is 5.73. The van der Waals surface area contributed by atoms with Gasteiger partial charge < -0.3 is 15.0 Å². The van der Waals surface area contributed by atoms with Crippen LogP contribution < -0.4 is 10.0 Å². The fourth-order valence-electron chi connectivity index (χ4n) is 3.91. The first kappa shape index (κ1) is 24.8. The number of carboxylic acid groups (broad SMARTS) is 1. The van der Waals surface area contributed by atoms with Crippen molar-refractivity contribution < 1.29 is 23.1 Å². The number of aryl methyl sites for hydroxylation is 3. The van der Waals surface area contributed by atoms with Crippen molar-refractivity contribution in [2.24, 2.45) is 14.1 Å². The summed E-state index contributed by atoms with van der Waals surface area (Å²) in [6.45, 7) is 1.53. The van der Waals surface area contributed by atoms with E-state index in [0.29, 0.717) is 10.9 Å². The van der Waals surface area contributed by atoms with Crippen molar-refractivity contribution in [1.82, 2.24) is 14.3 Å². The van der Waals surface area contributed by atoms with E-state index < -0.39 is 21.9 Å². The molecule has 0 aliphatic rings. The summed E-state index contributed by atoms with van der Waals surface area (Å²) in [5.41, 5.74) is 0.910. The zero-order chi connectivity index (χ0) is 26.4. The molecule has 184 valence electrons. The van der Waals surface area contributed by atoms with Crippen molar-refractivity contribution in [3.63, 3.8) is 0 Å². The van der Waals surface area contributed by atoms with Gasteiger partial charge in [0.05, 0.1) is 39.8 Å². The van der Waals surface area contributed by atoms with E-state index in [-0.39, 0.29) is 43.9 Å². The molecular weight excluding hydrogens is 508 g/mol. The number of rotatable bonds is 6. The molecular formula is C23H19ClN6O5S. The molecule has 0 atom stereocenters. The second kappa shape index (κ2) is 9.03. The van der Waals surface area contributed by atoms with Crippen LogP contribution in [0.3, 0.4) is 0 Å². The lowest BCUT2D eigenvalue weighted by atomic mass is 10.1. The van der Waals surface area contributed by atoms with Crippen LogP contribution in [0, 0.1) is 18.3 Å². The largest absolute Gasteiger partial charge is 0.478 e. The number of hydrogen-bond acceptors (Lipinski definition) is 6. The molecule has 13 heteroatoms. The van der Waals surface area contributed by atoms with Gasteiger partial charge in [0.2, 0.25) is 0 Å². The van der Waals surface area contributed by atoms with Crippen molar-refractivity contribution >= 4 is 55.8 Å². The van der Waals surface area contributed by atoms with Crippen LogP contribution in [-0.2, 0) is 24.1 Å². The summed E-state index contributed by atoms with van der Waals surface area (Å²) < 4.78 is 31.5. The Kier molecular flexibility index (Phi) is 6.21. The second-order valence-corrected chi connectivity index (χ2v) is 9.88. The summed E-state index contributed by atoms with van der Waals surface area (Å²) in [6, 6.07) is 12.2. The summed E-state index contributed by atoms with van der Waals surface area (Å²) in [5.74, 6) is -1.93. The van der Waals surface area contributed by atoms with E-state index in [1.165, 1.54) is 35.4 Å². The van der Waals surface area contributed by atoms with E-state index >= 15 is 0 Å². The first-order valence-corrected chi connectivity index (χ1v) is 12.2. The number of carbonyl (C=O) groups excluding carboxylic acids is 1. The Morgan fingerprint density at radius 1 is 1.14 bits per heavy atom. The second-order valence-electron chi connectivity index (χ2n) is 7.90. The number of nitrogens with zero attached hydrogens (tertiary/aromatic N) is 4. The summed E-state index contributed by atoms with van der Waals surface area (Å²) in [6.07, 6.45) is 0. The number of aromatic carboxylic acids is 1. The minimum atomic E-state index is -4.11. The smallest absolute Gasteiger partial charge is 0.337 e. The number of nitrogens with one attached hydrogen (secondary N) is 2. The number of fused-ring (bicyclic) bond motifs is 1. The fraction of sp³-hybridized carbons (Fsp3) is 0.130. The molecule has 0 bridgehead atoms. The van der Waals surface area contributed by atoms with Crippen LogP contribution in [-0.4, -0.2) is 39.7 Å². The van der Waals surface area contributed by atoms with Gasteiger partial charge in [0.15, 0.2) is 0 Å². The predicted molar refractivity (Wildman–Crippen MR) is 133 cm³/mol. The van der Waals surface area contributed by atoms with Crippen LogP contribution in [0.5, 0.6) is 0 Å². The molecule has 0 saturated carbocycles. The number of benzene rings is 2. The van der Waals surface area contributed by atoms with Crippen molar-refractivity contribution in [3.8, 4) is 6.07 Å². The molecule has 0 spiro atoms. The van der Waals surface area contributed by atoms with Crippen LogP contribution in [0.1, 0.15) is 32.1 Å². The van der Waals surface area contributed by atoms with Gasteiger partial charge in [0, 0.05) is 19.5 Å². The Bertz CT molecular complexity index is 1710.